The van der Waals surface area contributed by atoms with Crippen LogP contribution in [0.4, 0.5) is 0 Å². The molecule has 0 atom stereocenters. The Morgan fingerprint density at radius 1 is 1.35 bits per heavy atom. The predicted octanol–water partition coefficient (Wildman–Crippen LogP) is 0.513. The van der Waals surface area contributed by atoms with E-state index in [1.807, 2.05) is 6.92 Å². The number of hydrogen-bond donors (Lipinski definition) is 2. The van der Waals surface area contributed by atoms with Crippen molar-refractivity contribution in [3.8, 4) is 5.75 Å². The molecule has 144 valence electrons. The molecule has 2 rings (SSSR count). The molecule has 26 heavy (non-hydrogen) atoms. The topological polar surface area (TPSA) is 73.6 Å². The van der Waals surface area contributed by atoms with Gasteiger partial charge in [-0.2, -0.15) is 0 Å². The van der Waals surface area contributed by atoms with E-state index in [4.69, 9.17) is 14.2 Å². The number of hydrogen-bond acceptors (Lipinski definition) is 5. The van der Waals surface area contributed by atoms with Gasteiger partial charge in [0, 0.05) is 18.5 Å². The van der Waals surface area contributed by atoms with Crippen LogP contribution in [-0.2, 0) is 9.47 Å². The average molecular weight is 364 g/mol. The van der Waals surface area contributed by atoms with Crippen LogP contribution in [0.2, 0.25) is 0 Å². The third kappa shape index (κ3) is 7.01. The van der Waals surface area contributed by atoms with Crippen LogP contribution >= 0.6 is 0 Å². The largest absolute Gasteiger partial charge is 0.497 e. The molecule has 0 radical (unpaired) electrons. The number of aliphatic imine (C=N–C) groups is 1. The second kappa shape index (κ2) is 11.5. The van der Waals surface area contributed by atoms with Gasteiger partial charge in [-0.15, -0.1) is 0 Å². The lowest BCUT2D eigenvalue weighted by atomic mass is 10.2. The highest BCUT2D eigenvalue weighted by Gasteiger charge is 2.13. The van der Waals surface area contributed by atoms with Crippen molar-refractivity contribution in [1.82, 2.24) is 5.32 Å². The molecule has 1 aliphatic rings. The number of ether oxygens (including phenoxy) is 3. The third-order valence-corrected chi connectivity index (χ3v) is 4.14. The van der Waals surface area contributed by atoms with Gasteiger partial charge in [-0.3, -0.25) is 10.1 Å². The van der Waals surface area contributed by atoms with E-state index in [0.29, 0.717) is 24.5 Å². The highest BCUT2D eigenvalue weighted by Crippen LogP contribution is 2.12. The first-order valence-electron chi connectivity index (χ1n) is 9.27. The van der Waals surface area contributed by atoms with Crippen molar-refractivity contribution in [2.75, 3.05) is 53.1 Å². The molecule has 1 saturated heterocycles. The van der Waals surface area contributed by atoms with E-state index in [2.05, 4.69) is 10.3 Å². The first kappa shape index (κ1) is 20.2. The molecule has 1 aromatic carbocycles. The fourth-order valence-corrected chi connectivity index (χ4v) is 2.67. The lowest BCUT2D eigenvalue weighted by Gasteiger charge is -2.23. The van der Waals surface area contributed by atoms with E-state index in [0.717, 1.165) is 45.7 Å². The van der Waals surface area contributed by atoms with Gasteiger partial charge in [0.15, 0.2) is 0 Å². The molecule has 0 saturated carbocycles. The van der Waals surface area contributed by atoms with Gasteiger partial charge in [-0.05, 0) is 24.6 Å². The lowest BCUT2D eigenvalue weighted by Crippen LogP contribution is -3.14. The molecule has 7 heteroatoms. The second-order valence-corrected chi connectivity index (χ2v) is 6.19. The van der Waals surface area contributed by atoms with Crippen molar-refractivity contribution in [2.24, 2.45) is 4.99 Å². The zero-order valence-corrected chi connectivity index (χ0v) is 15.8. The van der Waals surface area contributed by atoms with Crippen LogP contribution in [0.1, 0.15) is 30.1 Å². The number of amidine groups is 1. The van der Waals surface area contributed by atoms with Crippen LogP contribution in [0.25, 0.3) is 0 Å². The number of rotatable bonds is 8. The minimum Gasteiger partial charge on any atom is -0.497 e. The van der Waals surface area contributed by atoms with Gasteiger partial charge in [-0.25, -0.2) is 4.99 Å². The zero-order valence-electron chi connectivity index (χ0n) is 15.8. The number of quaternary nitrogens is 1. The van der Waals surface area contributed by atoms with E-state index in [1.54, 1.807) is 36.3 Å². The van der Waals surface area contributed by atoms with E-state index in [1.165, 1.54) is 0 Å². The van der Waals surface area contributed by atoms with E-state index in [9.17, 15) is 4.79 Å². The number of benzene rings is 1. The predicted molar refractivity (Wildman–Crippen MR) is 100 cm³/mol. The van der Waals surface area contributed by atoms with E-state index in [-0.39, 0.29) is 11.9 Å². The Bertz CT molecular complexity index is 586. The standard InChI is InChI=1S/C19H29N3O4/c1-3-12-26-19(20-8-5-9-22-10-13-25-14-11-22)21-18(23)16-6-4-7-17(15-16)24-2/h4,6-7,15H,3,5,8-14H2,1-2H3,(H,20,21,23)/p+1. The minimum atomic E-state index is -0.252. The summed E-state index contributed by atoms with van der Waals surface area (Å²) in [7, 11) is 1.57. The minimum absolute atomic E-state index is 0.252. The summed E-state index contributed by atoms with van der Waals surface area (Å²) < 4.78 is 16.1. The first-order chi connectivity index (χ1) is 12.7. The first-order valence-corrected chi connectivity index (χ1v) is 9.27. The maximum absolute atomic E-state index is 12.4. The van der Waals surface area contributed by atoms with Crippen molar-refractivity contribution < 1.29 is 23.9 Å². The molecule has 1 aromatic rings. The fraction of sp³-hybridized carbons (Fsp3) is 0.579. The summed E-state index contributed by atoms with van der Waals surface area (Å²) in [6, 6.07) is 7.29. The Morgan fingerprint density at radius 3 is 2.88 bits per heavy atom. The highest BCUT2D eigenvalue weighted by molar-refractivity contribution is 6.04. The molecule has 0 aromatic heterocycles. The van der Waals surface area contributed by atoms with Gasteiger partial charge < -0.3 is 19.1 Å². The van der Waals surface area contributed by atoms with Crippen LogP contribution in [0, 0.1) is 0 Å². The van der Waals surface area contributed by atoms with Crippen molar-refractivity contribution >= 4 is 11.9 Å². The van der Waals surface area contributed by atoms with Gasteiger partial charge in [-0.1, -0.05) is 13.0 Å². The fourth-order valence-electron chi connectivity index (χ4n) is 2.67. The monoisotopic (exact) mass is 364 g/mol. The quantitative estimate of drug-likeness (QED) is 0.401. The van der Waals surface area contributed by atoms with Gasteiger partial charge in [0.2, 0.25) is 0 Å². The number of carbonyl (C=O) groups is 1. The molecular formula is C19H30N3O4+. The SMILES string of the molecule is CCCOC(=NCCC[NH+]1CCOCC1)NC(=O)c1cccc(OC)c1. The maximum atomic E-state index is 12.4. The van der Waals surface area contributed by atoms with Gasteiger partial charge in [0.05, 0.1) is 33.5 Å². The molecule has 1 fully saturated rings. The molecule has 1 heterocycles. The second-order valence-electron chi connectivity index (χ2n) is 6.19. The molecule has 0 spiro atoms. The molecule has 0 aliphatic carbocycles. The summed E-state index contributed by atoms with van der Waals surface area (Å²) in [6.45, 7) is 7.99. The lowest BCUT2D eigenvalue weighted by molar-refractivity contribution is -0.908. The zero-order chi connectivity index (χ0) is 18.6. The molecule has 2 N–H and O–H groups in total. The molecule has 7 nitrogen and oxygen atoms in total. The number of nitrogens with one attached hydrogen (secondary N) is 2. The van der Waals surface area contributed by atoms with Crippen LogP contribution < -0.4 is 15.0 Å². The van der Waals surface area contributed by atoms with Gasteiger partial charge >= 0.3 is 0 Å². The van der Waals surface area contributed by atoms with Crippen LogP contribution in [0.3, 0.4) is 0 Å². The molecule has 0 bridgehead atoms. The van der Waals surface area contributed by atoms with Crippen LogP contribution in [0.15, 0.2) is 29.3 Å². The Kier molecular flexibility index (Phi) is 8.92. The molecule has 1 amide bonds. The number of amides is 1. The Labute approximate surface area is 155 Å². The van der Waals surface area contributed by atoms with Crippen LogP contribution in [0.5, 0.6) is 5.75 Å². The Hall–Kier alpha value is -2.12. The van der Waals surface area contributed by atoms with Crippen molar-refractivity contribution in [2.45, 2.75) is 19.8 Å². The smallest absolute Gasteiger partial charge is 0.291 e. The van der Waals surface area contributed by atoms with Gasteiger partial charge in [0.1, 0.15) is 18.8 Å². The summed E-state index contributed by atoms with van der Waals surface area (Å²) in [5, 5.41) is 2.76. The summed E-state index contributed by atoms with van der Waals surface area (Å²) in [6.07, 6.45) is 1.80. The molecular weight excluding hydrogens is 334 g/mol. The number of carbonyl (C=O) groups excluding carboxylic acids is 1. The number of morpholine rings is 1. The average Bonchev–Trinajstić information content (AvgIpc) is 2.69. The normalized spacial score (nSPS) is 15.5. The van der Waals surface area contributed by atoms with E-state index >= 15 is 0 Å². The summed E-state index contributed by atoms with van der Waals surface area (Å²) in [5.41, 5.74) is 0.509. The summed E-state index contributed by atoms with van der Waals surface area (Å²) in [4.78, 5) is 18.4. The van der Waals surface area contributed by atoms with Crippen molar-refractivity contribution in [3.63, 3.8) is 0 Å². The van der Waals surface area contributed by atoms with Crippen molar-refractivity contribution in [3.05, 3.63) is 29.8 Å². The van der Waals surface area contributed by atoms with Crippen LogP contribution in [-0.4, -0.2) is 65.0 Å². The van der Waals surface area contributed by atoms with Gasteiger partial charge in [0.25, 0.3) is 11.9 Å². The Balaban J connectivity index is 1.86. The molecule has 1 aliphatic heterocycles. The maximum Gasteiger partial charge on any atom is 0.291 e. The van der Waals surface area contributed by atoms with E-state index < -0.39 is 0 Å². The number of nitrogens with zero attached hydrogens (tertiary/aromatic N) is 1. The third-order valence-electron chi connectivity index (χ3n) is 4.14. The Morgan fingerprint density at radius 2 is 2.15 bits per heavy atom. The summed E-state index contributed by atoms with van der Waals surface area (Å²) >= 11 is 0. The molecule has 0 unspecified atom stereocenters. The highest BCUT2D eigenvalue weighted by atomic mass is 16.5. The summed E-state index contributed by atoms with van der Waals surface area (Å²) in [5.74, 6) is 0.386. The van der Waals surface area contributed by atoms with Crippen molar-refractivity contribution in [1.29, 1.82) is 0 Å². The number of methoxy groups -OCH3 is 1.